The Balaban J connectivity index is 2.05. The number of rotatable bonds is 7. The van der Waals surface area contributed by atoms with Crippen molar-refractivity contribution in [3.8, 4) is 0 Å². The molecule has 1 atom stereocenters. The standard InChI is InChI=1S/C24H33NOSi/c1-19(2)23(25-17-20(25)3)18-26-27(24(4,5)6,21-13-9-7-10-14-21)22-15-11-8-12-16-22/h7-16,19,23H,3,17-18H2,1-2,4-6H3/t23-,25?/m0/s1. The predicted molar refractivity (Wildman–Crippen MR) is 118 cm³/mol. The van der Waals surface area contributed by atoms with Crippen molar-refractivity contribution in [1.82, 2.24) is 4.90 Å². The Hall–Kier alpha value is -1.84. The van der Waals surface area contributed by atoms with Crippen LogP contribution < -0.4 is 10.4 Å². The lowest BCUT2D eigenvalue weighted by Gasteiger charge is -2.44. The molecule has 0 unspecified atom stereocenters. The van der Waals surface area contributed by atoms with E-state index >= 15 is 0 Å². The third-order valence-corrected chi connectivity index (χ3v) is 10.7. The van der Waals surface area contributed by atoms with Gasteiger partial charge in [0.25, 0.3) is 8.32 Å². The SMILES string of the molecule is C=C1CN1[C@@H](CO[Si](c1ccccc1)(c1ccccc1)C(C)(C)C)C(C)C. The van der Waals surface area contributed by atoms with Crippen LogP contribution in [0.3, 0.4) is 0 Å². The highest BCUT2D eigenvalue weighted by atomic mass is 28.4. The molecule has 0 aromatic heterocycles. The number of benzene rings is 2. The topological polar surface area (TPSA) is 12.2 Å². The largest absolute Gasteiger partial charge is 0.405 e. The van der Waals surface area contributed by atoms with Gasteiger partial charge in [0.2, 0.25) is 0 Å². The van der Waals surface area contributed by atoms with Crippen molar-refractivity contribution >= 4 is 18.7 Å². The van der Waals surface area contributed by atoms with Crippen molar-refractivity contribution in [1.29, 1.82) is 0 Å². The van der Waals surface area contributed by atoms with E-state index in [9.17, 15) is 0 Å². The van der Waals surface area contributed by atoms with Gasteiger partial charge in [0, 0.05) is 5.70 Å². The van der Waals surface area contributed by atoms with E-state index in [1.165, 1.54) is 16.1 Å². The van der Waals surface area contributed by atoms with Gasteiger partial charge in [-0.05, 0) is 21.3 Å². The van der Waals surface area contributed by atoms with Crippen LogP contribution in [-0.4, -0.2) is 32.4 Å². The van der Waals surface area contributed by atoms with E-state index in [1.54, 1.807) is 0 Å². The summed E-state index contributed by atoms with van der Waals surface area (Å²) in [5.74, 6) is 0.530. The maximum atomic E-state index is 7.10. The van der Waals surface area contributed by atoms with E-state index in [0.717, 1.165) is 13.2 Å². The van der Waals surface area contributed by atoms with Crippen LogP contribution in [0, 0.1) is 5.92 Å². The molecule has 3 heteroatoms. The Morgan fingerprint density at radius 2 is 1.41 bits per heavy atom. The molecule has 2 nitrogen and oxygen atoms in total. The van der Waals surface area contributed by atoms with Crippen LogP contribution in [0.1, 0.15) is 34.6 Å². The first-order valence-corrected chi connectivity index (χ1v) is 11.9. The highest BCUT2D eigenvalue weighted by Crippen LogP contribution is 2.38. The second-order valence-electron chi connectivity index (χ2n) is 8.98. The molecule has 3 rings (SSSR count). The number of hydrogen-bond acceptors (Lipinski definition) is 2. The van der Waals surface area contributed by atoms with Crippen LogP contribution >= 0.6 is 0 Å². The normalized spacial score (nSPS) is 15.9. The molecule has 0 aliphatic carbocycles. The lowest BCUT2D eigenvalue weighted by atomic mass is 10.1. The maximum Gasteiger partial charge on any atom is 0.261 e. The van der Waals surface area contributed by atoms with Crippen LogP contribution in [-0.2, 0) is 4.43 Å². The number of nitrogens with zero attached hydrogens (tertiary/aromatic N) is 1. The minimum Gasteiger partial charge on any atom is -0.405 e. The summed E-state index contributed by atoms with van der Waals surface area (Å²) in [6, 6.07) is 22.2. The highest BCUT2D eigenvalue weighted by molar-refractivity contribution is 6.99. The molecule has 0 N–H and O–H groups in total. The van der Waals surface area contributed by atoms with Crippen molar-refractivity contribution in [2.75, 3.05) is 13.2 Å². The summed E-state index contributed by atoms with van der Waals surface area (Å²) in [5.41, 5.74) is 1.24. The summed E-state index contributed by atoms with van der Waals surface area (Å²) >= 11 is 0. The molecule has 1 aliphatic rings. The molecule has 0 spiro atoms. The van der Waals surface area contributed by atoms with Crippen molar-refractivity contribution in [2.24, 2.45) is 5.92 Å². The molecule has 1 fully saturated rings. The first kappa shape index (κ1) is 19.9. The monoisotopic (exact) mass is 379 g/mol. The van der Waals surface area contributed by atoms with Crippen molar-refractivity contribution in [2.45, 2.75) is 45.7 Å². The summed E-state index contributed by atoms with van der Waals surface area (Å²) in [7, 11) is -2.45. The molecule has 0 bridgehead atoms. The molecule has 0 saturated carbocycles. The molecular formula is C24H33NOSi. The smallest absolute Gasteiger partial charge is 0.261 e. The predicted octanol–water partition coefficient (Wildman–Crippen LogP) is 4.42. The van der Waals surface area contributed by atoms with E-state index < -0.39 is 8.32 Å². The van der Waals surface area contributed by atoms with Gasteiger partial charge < -0.3 is 9.33 Å². The van der Waals surface area contributed by atoms with Crippen molar-refractivity contribution in [3.63, 3.8) is 0 Å². The van der Waals surface area contributed by atoms with E-state index in [2.05, 4.69) is 107 Å². The van der Waals surface area contributed by atoms with Gasteiger partial charge in [0.05, 0.1) is 19.2 Å². The van der Waals surface area contributed by atoms with Gasteiger partial charge in [-0.2, -0.15) is 0 Å². The first-order chi connectivity index (χ1) is 12.8. The van der Waals surface area contributed by atoms with Gasteiger partial charge in [-0.25, -0.2) is 0 Å². The fourth-order valence-electron chi connectivity index (χ4n) is 4.13. The molecule has 27 heavy (non-hydrogen) atoms. The van der Waals surface area contributed by atoms with Gasteiger partial charge in [0.1, 0.15) is 0 Å². The Labute approximate surface area is 166 Å². The molecule has 0 radical (unpaired) electrons. The van der Waals surface area contributed by atoms with Crippen LogP contribution in [0.2, 0.25) is 5.04 Å². The van der Waals surface area contributed by atoms with Crippen LogP contribution in [0.25, 0.3) is 0 Å². The summed E-state index contributed by atoms with van der Waals surface area (Å²) < 4.78 is 7.10. The summed E-state index contributed by atoms with van der Waals surface area (Å²) in [5, 5.41) is 2.71. The zero-order valence-corrected chi connectivity index (χ0v) is 18.4. The lowest BCUT2D eigenvalue weighted by Crippen LogP contribution is -2.67. The molecule has 1 saturated heterocycles. The summed E-state index contributed by atoms with van der Waals surface area (Å²) in [6.07, 6.45) is 0. The molecule has 1 heterocycles. The van der Waals surface area contributed by atoms with Gasteiger partial charge in [-0.15, -0.1) is 0 Å². The van der Waals surface area contributed by atoms with Gasteiger partial charge >= 0.3 is 0 Å². The Bertz CT molecular complexity index is 724. The fraction of sp³-hybridized carbons (Fsp3) is 0.417. The summed E-state index contributed by atoms with van der Waals surface area (Å²) in [6.45, 7) is 17.5. The Morgan fingerprint density at radius 1 is 0.963 bits per heavy atom. The minimum atomic E-state index is -2.45. The molecule has 1 aliphatic heterocycles. The molecule has 2 aromatic carbocycles. The zero-order valence-electron chi connectivity index (χ0n) is 17.4. The third-order valence-electron chi connectivity index (χ3n) is 5.71. The van der Waals surface area contributed by atoms with Crippen molar-refractivity contribution < 1.29 is 4.43 Å². The highest BCUT2D eigenvalue weighted by Gasteiger charge is 2.51. The third kappa shape index (κ3) is 3.90. The van der Waals surface area contributed by atoms with Gasteiger partial charge in [-0.1, -0.05) is 102 Å². The van der Waals surface area contributed by atoms with E-state index in [1.807, 2.05) is 0 Å². The fourth-order valence-corrected chi connectivity index (χ4v) is 8.70. The lowest BCUT2D eigenvalue weighted by molar-refractivity contribution is 0.184. The van der Waals surface area contributed by atoms with Crippen LogP contribution in [0.4, 0.5) is 0 Å². The number of hydrogen-bond donors (Lipinski definition) is 0. The van der Waals surface area contributed by atoms with Crippen molar-refractivity contribution in [3.05, 3.63) is 72.9 Å². The molecule has 144 valence electrons. The molecular weight excluding hydrogens is 346 g/mol. The van der Waals surface area contributed by atoms with Gasteiger partial charge in [0.15, 0.2) is 0 Å². The Kier molecular flexibility index (Phi) is 5.64. The summed E-state index contributed by atoms with van der Waals surface area (Å²) in [4.78, 5) is 2.39. The second-order valence-corrected chi connectivity index (χ2v) is 13.3. The van der Waals surface area contributed by atoms with E-state index in [-0.39, 0.29) is 5.04 Å². The minimum absolute atomic E-state index is 0.0210. The quantitative estimate of drug-likeness (QED) is 0.521. The zero-order chi connectivity index (χ0) is 19.7. The second kappa shape index (κ2) is 7.65. The van der Waals surface area contributed by atoms with E-state index in [4.69, 9.17) is 4.43 Å². The maximum absolute atomic E-state index is 7.10. The first-order valence-electron chi connectivity index (χ1n) is 9.97. The average molecular weight is 380 g/mol. The van der Waals surface area contributed by atoms with Crippen LogP contribution in [0.15, 0.2) is 72.9 Å². The average Bonchev–Trinajstić information content (AvgIpc) is 3.35. The van der Waals surface area contributed by atoms with Crippen LogP contribution in [0.5, 0.6) is 0 Å². The van der Waals surface area contributed by atoms with E-state index in [0.29, 0.717) is 12.0 Å². The van der Waals surface area contributed by atoms with Gasteiger partial charge in [-0.3, -0.25) is 0 Å². The Morgan fingerprint density at radius 3 is 1.74 bits per heavy atom. The molecule has 2 aromatic rings. The molecule has 0 amide bonds.